The molecule has 1 atom stereocenters. The van der Waals surface area contributed by atoms with Gasteiger partial charge in [-0.3, -0.25) is 4.90 Å². The van der Waals surface area contributed by atoms with Gasteiger partial charge >= 0.3 is 0 Å². The molecular formula is C19H22N4O4. The number of rotatable bonds is 6. The lowest BCUT2D eigenvalue weighted by atomic mass is 9.88. The van der Waals surface area contributed by atoms with Crippen molar-refractivity contribution in [3.05, 3.63) is 57.5 Å². The van der Waals surface area contributed by atoms with E-state index in [4.69, 9.17) is 15.0 Å². The number of methoxy groups -OCH3 is 2. The molecule has 0 spiro atoms. The SMILES string of the molecule is COc1ccc(C[C@H]2c3cc(O)c(OC)cc3CCN2CN=[N+]=[N-])cc1O. The van der Waals surface area contributed by atoms with E-state index in [0.717, 1.165) is 23.1 Å². The highest BCUT2D eigenvalue weighted by atomic mass is 16.5. The van der Waals surface area contributed by atoms with Gasteiger partial charge in [-0.1, -0.05) is 11.2 Å². The minimum absolute atomic E-state index is 0.0736. The Kier molecular flexibility index (Phi) is 5.59. The van der Waals surface area contributed by atoms with Gasteiger partial charge in [-0.25, -0.2) is 0 Å². The molecule has 0 aromatic heterocycles. The minimum Gasteiger partial charge on any atom is -0.504 e. The van der Waals surface area contributed by atoms with Crippen LogP contribution in [0.2, 0.25) is 0 Å². The van der Waals surface area contributed by atoms with Gasteiger partial charge < -0.3 is 19.7 Å². The maximum absolute atomic E-state index is 10.2. The van der Waals surface area contributed by atoms with Crippen molar-refractivity contribution >= 4 is 0 Å². The molecule has 0 unspecified atom stereocenters. The largest absolute Gasteiger partial charge is 0.504 e. The maximum Gasteiger partial charge on any atom is 0.160 e. The van der Waals surface area contributed by atoms with Crippen LogP contribution in [0, 0.1) is 0 Å². The van der Waals surface area contributed by atoms with E-state index >= 15 is 0 Å². The summed E-state index contributed by atoms with van der Waals surface area (Å²) in [5, 5.41) is 24.0. The molecular weight excluding hydrogens is 348 g/mol. The van der Waals surface area contributed by atoms with Crippen LogP contribution >= 0.6 is 0 Å². The molecule has 0 aliphatic carbocycles. The molecule has 2 aromatic rings. The van der Waals surface area contributed by atoms with Crippen LogP contribution in [0.15, 0.2) is 35.4 Å². The zero-order valence-electron chi connectivity index (χ0n) is 15.3. The average Bonchev–Trinajstić information content (AvgIpc) is 2.67. The van der Waals surface area contributed by atoms with Gasteiger partial charge in [-0.2, -0.15) is 0 Å². The predicted octanol–water partition coefficient (Wildman–Crippen LogP) is 3.52. The van der Waals surface area contributed by atoms with Crippen molar-refractivity contribution in [1.29, 1.82) is 0 Å². The fourth-order valence-electron chi connectivity index (χ4n) is 3.54. The Morgan fingerprint density at radius 2 is 1.89 bits per heavy atom. The standard InChI is InChI=1S/C19H22N4O4/c1-26-18-4-3-12(8-16(18)24)7-15-14-10-17(25)19(27-2)9-13(14)5-6-23(15)11-21-22-20/h3-4,8-10,15,24-25H,5-7,11H2,1-2H3/t15-/m0/s1. The number of phenols is 2. The van der Waals surface area contributed by atoms with Crippen molar-refractivity contribution in [2.45, 2.75) is 18.9 Å². The Hall–Kier alpha value is -3.09. The third-order valence-electron chi connectivity index (χ3n) is 4.89. The first kappa shape index (κ1) is 18.7. The summed E-state index contributed by atoms with van der Waals surface area (Å²) in [5.74, 6) is 1.00. The van der Waals surface area contributed by atoms with Crippen LogP contribution in [0.1, 0.15) is 22.7 Å². The summed E-state index contributed by atoms with van der Waals surface area (Å²) in [6.07, 6.45) is 1.34. The van der Waals surface area contributed by atoms with Gasteiger partial charge in [0, 0.05) is 17.5 Å². The second-order valence-electron chi connectivity index (χ2n) is 6.38. The molecule has 27 heavy (non-hydrogen) atoms. The number of nitrogens with zero attached hydrogens (tertiary/aromatic N) is 4. The van der Waals surface area contributed by atoms with Crippen LogP contribution < -0.4 is 9.47 Å². The lowest BCUT2D eigenvalue weighted by Crippen LogP contribution is -2.36. The van der Waals surface area contributed by atoms with Crippen LogP contribution in [0.5, 0.6) is 23.0 Å². The first-order valence-corrected chi connectivity index (χ1v) is 8.58. The number of hydrogen-bond donors (Lipinski definition) is 2. The molecule has 0 radical (unpaired) electrons. The molecule has 1 aliphatic heterocycles. The van der Waals surface area contributed by atoms with Crippen LogP contribution in [0.4, 0.5) is 0 Å². The number of ether oxygens (including phenoxy) is 2. The summed E-state index contributed by atoms with van der Waals surface area (Å²) in [4.78, 5) is 4.93. The van der Waals surface area contributed by atoms with Crippen molar-refractivity contribution < 1.29 is 19.7 Å². The van der Waals surface area contributed by atoms with Crippen LogP contribution in [-0.2, 0) is 12.8 Å². The van der Waals surface area contributed by atoms with E-state index in [2.05, 4.69) is 14.9 Å². The highest BCUT2D eigenvalue weighted by molar-refractivity contribution is 5.49. The van der Waals surface area contributed by atoms with Crippen molar-refractivity contribution in [2.75, 3.05) is 27.4 Å². The zero-order chi connectivity index (χ0) is 19.4. The van der Waals surface area contributed by atoms with Gasteiger partial charge in [-0.15, -0.1) is 0 Å². The Labute approximate surface area is 157 Å². The fourth-order valence-corrected chi connectivity index (χ4v) is 3.54. The molecule has 2 aromatic carbocycles. The van der Waals surface area contributed by atoms with Gasteiger partial charge in [0.05, 0.1) is 20.9 Å². The fraction of sp³-hybridized carbons (Fsp3) is 0.368. The van der Waals surface area contributed by atoms with E-state index in [1.54, 1.807) is 18.2 Å². The second-order valence-corrected chi connectivity index (χ2v) is 6.38. The number of phenolic OH excluding ortho intramolecular Hbond substituents is 2. The van der Waals surface area contributed by atoms with E-state index in [1.165, 1.54) is 14.2 Å². The van der Waals surface area contributed by atoms with Crippen LogP contribution in [-0.4, -0.2) is 42.5 Å². The molecule has 0 bridgehead atoms. The van der Waals surface area contributed by atoms with Crippen LogP contribution in [0.3, 0.4) is 0 Å². The molecule has 1 heterocycles. The van der Waals surface area contributed by atoms with E-state index in [-0.39, 0.29) is 24.2 Å². The molecule has 3 rings (SSSR count). The predicted molar refractivity (Wildman–Crippen MR) is 100 cm³/mol. The second kappa shape index (κ2) is 8.07. The monoisotopic (exact) mass is 370 g/mol. The van der Waals surface area contributed by atoms with Gasteiger partial charge in [-0.05, 0) is 59.3 Å². The quantitative estimate of drug-likeness (QED) is 0.459. The highest BCUT2D eigenvalue weighted by Crippen LogP contribution is 2.39. The Morgan fingerprint density at radius 3 is 2.56 bits per heavy atom. The molecule has 0 fully saturated rings. The van der Waals surface area contributed by atoms with E-state index in [1.807, 2.05) is 12.1 Å². The lowest BCUT2D eigenvalue weighted by Gasteiger charge is -2.37. The van der Waals surface area contributed by atoms with E-state index in [9.17, 15) is 10.2 Å². The van der Waals surface area contributed by atoms with Gasteiger partial charge in [0.15, 0.2) is 23.0 Å². The molecule has 142 valence electrons. The molecule has 2 N–H and O–H groups in total. The van der Waals surface area contributed by atoms with Crippen molar-refractivity contribution in [1.82, 2.24) is 4.90 Å². The first-order valence-electron chi connectivity index (χ1n) is 8.58. The zero-order valence-corrected chi connectivity index (χ0v) is 15.3. The van der Waals surface area contributed by atoms with Crippen LogP contribution in [0.25, 0.3) is 10.4 Å². The van der Waals surface area contributed by atoms with E-state index in [0.29, 0.717) is 24.5 Å². The van der Waals surface area contributed by atoms with Crippen molar-refractivity contribution in [3.63, 3.8) is 0 Å². The third kappa shape index (κ3) is 3.86. The van der Waals surface area contributed by atoms with Crippen molar-refractivity contribution in [3.8, 4) is 23.0 Å². The molecule has 8 nitrogen and oxygen atoms in total. The van der Waals surface area contributed by atoms with Gasteiger partial charge in [0.2, 0.25) is 0 Å². The van der Waals surface area contributed by atoms with Gasteiger partial charge in [0.1, 0.15) is 0 Å². The van der Waals surface area contributed by atoms with Crippen molar-refractivity contribution in [2.24, 2.45) is 5.11 Å². The molecule has 0 saturated carbocycles. The summed E-state index contributed by atoms with van der Waals surface area (Å²) in [5.41, 5.74) is 11.7. The summed E-state index contributed by atoms with van der Waals surface area (Å²) in [7, 11) is 3.03. The molecule has 1 aliphatic rings. The third-order valence-corrected chi connectivity index (χ3v) is 4.89. The number of benzene rings is 2. The topological polar surface area (TPSA) is 111 Å². The maximum atomic E-state index is 10.2. The number of hydrogen-bond acceptors (Lipinski definition) is 6. The van der Waals surface area contributed by atoms with Gasteiger partial charge in [0.25, 0.3) is 0 Å². The number of azide groups is 1. The minimum atomic E-state index is -0.108. The normalized spacial score (nSPS) is 16.3. The summed E-state index contributed by atoms with van der Waals surface area (Å²) >= 11 is 0. The molecule has 8 heteroatoms. The first-order chi connectivity index (χ1) is 13.1. The average molecular weight is 370 g/mol. The summed E-state index contributed by atoms with van der Waals surface area (Å²) < 4.78 is 10.3. The summed E-state index contributed by atoms with van der Waals surface area (Å²) in [6.45, 7) is 0.947. The number of aromatic hydroxyl groups is 2. The lowest BCUT2D eigenvalue weighted by molar-refractivity contribution is 0.188. The summed E-state index contributed by atoms with van der Waals surface area (Å²) in [6, 6.07) is 8.74. The Morgan fingerprint density at radius 1 is 1.15 bits per heavy atom. The Balaban J connectivity index is 1.98. The molecule has 0 amide bonds. The smallest absolute Gasteiger partial charge is 0.160 e. The van der Waals surface area contributed by atoms with E-state index < -0.39 is 0 Å². The Bertz CT molecular complexity index is 880. The number of fused-ring (bicyclic) bond motifs is 1. The molecule has 0 saturated heterocycles. The highest BCUT2D eigenvalue weighted by Gasteiger charge is 2.29.